The lowest BCUT2D eigenvalue weighted by Crippen LogP contribution is -2.55. The Kier molecular flexibility index (Phi) is 8.72. The summed E-state index contributed by atoms with van der Waals surface area (Å²) in [6.07, 6.45) is 0.391. The molecule has 2 amide bonds. The van der Waals surface area contributed by atoms with Gasteiger partial charge in [-0.15, -0.1) is 0 Å². The van der Waals surface area contributed by atoms with Gasteiger partial charge in [0.05, 0.1) is 0 Å². The second-order valence-corrected chi connectivity index (χ2v) is 9.63. The summed E-state index contributed by atoms with van der Waals surface area (Å²) < 4.78 is 5.74. The van der Waals surface area contributed by atoms with E-state index in [1.807, 2.05) is 81.4 Å². The van der Waals surface area contributed by atoms with Gasteiger partial charge in [0.15, 0.2) is 6.61 Å². The van der Waals surface area contributed by atoms with Crippen LogP contribution in [0.1, 0.15) is 31.9 Å². The number of nitrogens with one attached hydrogen (secondary N) is 1. The molecule has 0 saturated carbocycles. The predicted octanol–water partition coefficient (Wildman–Crippen LogP) is 5.27. The van der Waals surface area contributed by atoms with Crippen molar-refractivity contribution in [2.45, 2.75) is 45.3 Å². The number of amides is 2. The lowest BCUT2D eigenvalue weighted by atomic mass is 10.0. The molecule has 0 heterocycles. The van der Waals surface area contributed by atoms with Crippen molar-refractivity contribution in [3.8, 4) is 5.75 Å². The van der Waals surface area contributed by atoms with E-state index >= 15 is 0 Å². The highest BCUT2D eigenvalue weighted by Crippen LogP contribution is 2.18. The van der Waals surface area contributed by atoms with Crippen molar-refractivity contribution in [2.24, 2.45) is 0 Å². The van der Waals surface area contributed by atoms with Crippen molar-refractivity contribution in [3.05, 3.63) is 101 Å². The van der Waals surface area contributed by atoms with Crippen LogP contribution in [0.4, 0.5) is 0 Å². The van der Waals surface area contributed by atoms with Crippen LogP contribution in [0.5, 0.6) is 5.75 Å². The van der Waals surface area contributed by atoms with E-state index in [4.69, 9.17) is 16.3 Å². The predicted molar refractivity (Wildman–Crippen MR) is 136 cm³/mol. The fourth-order valence-electron chi connectivity index (χ4n) is 3.55. The highest BCUT2D eigenvalue weighted by molar-refractivity contribution is 6.30. The lowest BCUT2D eigenvalue weighted by molar-refractivity contribution is -0.143. The standard InChI is InChI=1S/C28H31ClN2O3/c1-28(2,3)30-27(33)25(18-21-10-6-4-7-11-21)31(19-22-12-8-5-9-13-22)26(32)20-34-24-16-14-23(29)15-17-24/h4-17,25H,18-20H2,1-3H3,(H,30,33)/t25-/m1/s1. The van der Waals surface area contributed by atoms with Gasteiger partial charge in [0.25, 0.3) is 5.91 Å². The molecular formula is C28H31ClN2O3. The Bertz CT molecular complexity index is 1060. The number of carbonyl (C=O) groups excluding carboxylic acids is 2. The molecule has 0 bridgehead atoms. The van der Waals surface area contributed by atoms with E-state index in [0.29, 0.717) is 23.7 Å². The zero-order chi connectivity index (χ0) is 24.6. The fraction of sp³-hybridized carbons (Fsp3) is 0.286. The number of hydrogen-bond acceptors (Lipinski definition) is 3. The van der Waals surface area contributed by atoms with Gasteiger partial charge in [-0.1, -0.05) is 72.3 Å². The highest BCUT2D eigenvalue weighted by atomic mass is 35.5. The number of rotatable bonds is 9. The number of nitrogens with zero attached hydrogens (tertiary/aromatic N) is 1. The Hall–Kier alpha value is -3.31. The molecule has 5 nitrogen and oxygen atoms in total. The van der Waals surface area contributed by atoms with Crippen molar-refractivity contribution >= 4 is 23.4 Å². The number of carbonyl (C=O) groups is 2. The molecule has 1 N–H and O–H groups in total. The Balaban J connectivity index is 1.89. The third-order valence-corrected chi connectivity index (χ3v) is 5.39. The van der Waals surface area contributed by atoms with Gasteiger partial charge in [-0.3, -0.25) is 9.59 Å². The molecule has 0 unspecified atom stereocenters. The second-order valence-electron chi connectivity index (χ2n) is 9.19. The molecule has 34 heavy (non-hydrogen) atoms. The van der Waals surface area contributed by atoms with Gasteiger partial charge in [-0.05, 0) is 56.2 Å². The van der Waals surface area contributed by atoms with E-state index < -0.39 is 11.6 Å². The minimum absolute atomic E-state index is 0.192. The lowest BCUT2D eigenvalue weighted by Gasteiger charge is -2.33. The summed E-state index contributed by atoms with van der Waals surface area (Å²) in [4.78, 5) is 28.5. The minimum atomic E-state index is -0.705. The van der Waals surface area contributed by atoms with Crippen molar-refractivity contribution in [1.82, 2.24) is 10.2 Å². The van der Waals surface area contributed by atoms with Crippen LogP contribution in [0.3, 0.4) is 0 Å². The first-order valence-corrected chi connectivity index (χ1v) is 11.7. The normalized spacial score (nSPS) is 12.0. The highest BCUT2D eigenvalue weighted by Gasteiger charge is 2.32. The minimum Gasteiger partial charge on any atom is -0.484 e. The van der Waals surface area contributed by atoms with Crippen molar-refractivity contribution in [1.29, 1.82) is 0 Å². The first-order valence-electron chi connectivity index (χ1n) is 11.3. The van der Waals surface area contributed by atoms with Gasteiger partial charge in [0.2, 0.25) is 5.91 Å². The fourth-order valence-corrected chi connectivity index (χ4v) is 3.67. The molecule has 0 aliphatic carbocycles. The van der Waals surface area contributed by atoms with Crippen molar-refractivity contribution in [2.75, 3.05) is 6.61 Å². The van der Waals surface area contributed by atoms with E-state index in [1.54, 1.807) is 29.2 Å². The Morgan fingerprint density at radius 3 is 2.00 bits per heavy atom. The maximum absolute atomic E-state index is 13.5. The number of halogens is 1. The summed E-state index contributed by atoms with van der Waals surface area (Å²) in [7, 11) is 0. The Labute approximate surface area is 206 Å². The quantitative estimate of drug-likeness (QED) is 0.455. The largest absolute Gasteiger partial charge is 0.484 e. The smallest absolute Gasteiger partial charge is 0.261 e. The van der Waals surface area contributed by atoms with Crippen LogP contribution in [0.15, 0.2) is 84.9 Å². The zero-order valence-corrected chi connectivity index (χ0v) is 20.6. The molecule has 6 heteroatoms. The van der Waals surface area contributed by atoms with E-state index in [1.165, 1.54) is 0 Å². The van der Waals surface area contributed by atoms with Crippen LogP contribution in [0, 0.1) is 0 Å². The Morgan fingerprint density at radius 2 is 1.44 bits per heavy atom. The van der Waals surface area contributed by atoms with Gasteiger partial charge in [-0.2, -0.15) is 0 Å². The second kappa shape index (κ2) is 11.7. The SMILES string of the molecule is CC(C)(C)NC(=O)[C@@H](Cc1ccccc1)N(Cc1ccccc1)C(=O)COc1ccc(Cl)cc1. The molecule has 0 radical (unpaired) electrons. The van der Waals surface area contributed by atoms with E-state index in [9.17, 15) is 9.59 Å². The molecule has 0 aliphatic rings. The maximum atomic E-state index is 13.5. The average Bonchev–Trinajstić information content (AvgIpc) is 2.81. The van der Waals surface area contributed by atoms with Gasteiger partial charge < -0.3 is 15.0 Å². The summed E-state index contributed by atoms with van der Waals surface area (Å²) in [5, 5.41) is 3.64. The number of ether oxygens (including phenoxy) is 1. The van der Waals surface area contributed by atoms with Gasteiger partial charge in [-0.25, -0.2) is 0 Å². The van der Waals surface area contributed by atoms with Gasteiger partial charge >= 0.3 is 0 Å². The van der Waals surface area contributed by atoms with Crippen LogP contribution in [-0.4, -0.2) is 34.9 Å². The molecule has 1 atom stereocenters. The molecule has 0 saturated heterocycles. The first kappa shape index (κ1) is 25.3. The zero-order valence-electron chi connectivity index (χ0n) is 19.8. The first-order chi connectivity index (χ1) is 16.2. The third kappa shape index (κ3) is 7.92. The van der Waals surface area contributed by atoms with Crippen molar-refractivity contribution in [3.63, 3.8) is 0 Å². The summed E-state index contributed by atoms with van der Waals surface area (Å²) in [6, 6.07) is 25.5. The van der Waals surface area contributed by atoms with Crippen LogP contribution >= 0.6 is 11.6 Å². The summed E-state index contributed by atoms with van der Waals surface area (Å²) in [5.41, 5.74) is 1.47. The molecule has 0 aliphatic heterocycles. The van der Waals surface area contributed by atoms with E-state index in [2.05, 4.69) is 5.32 Å². The summed E-state index contributed by atoms with van der Waals surface area (Å²) in [6.45, 7) is 5.88. The van der Waals surface area contributed by atoms with Gasteiger partial charge in [0.1, 0.15) is 11.8 Å². The number of benzene rings is 3. The number of hydrogen-bond donors (Lipinski definition) is 1. The van der Waals surface area contributed by atoms with Gasteiger partial charge in [0, 0.05) is 23.5 Å². The molecule has 3 aromatic rings. The monoisotopic (exact) mass is 478 g/mol. The van der Waals surface area contributed by atoms with Crippen LogP contribution in [0.2, 0.25) is 5.02 Å². The maximum Gasteiger partial charge on any atom is 0.261 e. The summed E-state index contributed by atoms with van der Waals surface area (Å²) >= 11 is 5.95. The molecule has 3 aromatic carbocycles. The van der Waals surface area contributed by atoms with Crippen LogP contribution in [0.25, 0.3) is 0 Å². The average molecular weight is 479 g/mol. The summed E-state index contributed by atoms with van der Waals surface area (Å²) in [5.74, 6) is 0.0621. The topological polar surface area (TPSA) is 58.6 Å². The Morgan fingerprint density at radius 1 is 0.882 bits per heavy atom. The molecule has 0 aromatic heterocycles. The van der Waals surface area contributed by atoms with Crippen molar-refractivity contribution < 1.29 is 14.3 Å². The molecule has 178 valence electrons. The van der Waals surface area contributed by atoms with Crippen LogP contribution < -0.4 is 10.1 Å². The third-order valence-electron chi connectivity index (χ3n) is 5.14. The molecule has 0 spiro atoms. The van der Waals surface area contributed by atoms with E-state index in [-0.39, 0.29) is 18.4 Å². The van der Waals surface area contributed by atoms with E-state index in [0.717, 1.165) is 11.1 Å². The molecular weight excluding hydrogens is 448 g/mol. The molecule has 3 rings (SSSR count). The molecule has 0 fully saturated rings. The van der Waals surface area contributed by atoms with Crippen LogP contribution in [-0.2, 0) is 22.6 Å².